The van der Waals surface area contributed by atoms with Crippen LogP contribution in [0.2, 0.25) is 0 Å². The Morgan fingerprint density at radius 1 is 1.03 bits per heavy atom. The molecule has 2 aromatic carbocycles. The van der Waals surface area contributed by atoms with Crippen LogP contribution in [0, 0.1) is 13.8 Å². The van der Waals surface area contributed by atoms with Crippen LogP contribution in [0.4, 0.5) is 5.69 Å². The molecule has 29 heavy (non-hydrogen) atoms. The summed E-state index contributed by atoms with van der Waals surface area (Å²) in [5.41, 5.74) is 4.30. The average molecular weight is 388 g/mol. The molecule has 148 valence electrons. The number of hydrogen-bond donors (Lipinski definition) is 2. The molecule has 0 aliphatic heterocycles. The van der Waals surface area contributed by atoms with Crippen molar-refractivity contribution in [2.24, 2.45) is 0 Å². The summed E-state index contributed by atoms with van der Waals surface area (Å²) in [6.45, 7) is 5.88. The van der Waals surface area contributed by atoms with Gasteiger partial charge in [0, 0.05) is 17.3 Å². The Kier molecular flexibility index (Phi) is 6.29. The highest BCUT2D eigenvalue weighted by atomic mass is 16.3. The fraction of sp³-hybridized carbons (Fsp3) is 0.167. The Morgan fingerprint density at radius 2 is 1.83 bits per heavy atom. The molecule has 0 aliphatic carbocycles. The van der Waals surface area contributed by atoms with E-state index in [2.05, 4.69) is 10.6 Å². The van der Waals surface area contributed by atoms with E-state index in [9.17, 15) is 9.59 Å². The molecule has 3 rings (SSSR count). The van der Waals surface area contributed by atoms with Crippen molar-refractivity contribution in [3.63, 3.8) is 0 Å². The highest BCUT2D eigenvalue weighted by Gasteiger charge is 2.17. The van der Waals surface area contributed by atoms with E-state index >= 15 is 0 Å². The number of furan rings is 1. The van der Waals surface area contributed by atoms with Gasteiger partial charge in [0.15, 0.2) is 0 Å². The topological polar surface area (TPSA) is 71.3 Å². The third kappa shape index (κ3) is 5.02. The van der Waals surface area contributed by atoms with Gasteiger partial charge in [-0.15, -0.1) is 0 Å². The Labute approximate surface area is 170 Å². The molecule has 0 saturated heterocycles. The molecule has 0 spiro atoms. The minimum atomic E-state index is -0.411. The number of aryl methyl sites for hydroxylation is 3. The highest BCUT2D eigenvalue weighted by Crippen LogP contribution is 2.22. The van der Waals surface area contributed by atoms with Gasteiger partial charge in [0.05, 0.1) is 6.26 Å². The molecule has 1 heterocycles. The van der Waals surface area contributed by atoms with Gasteiger partial charge in [-0.25, -0.2) is 0 Å². The van der Waals surface area contributed by atoms with E-state index in [0.717, 1.165) is 28.8 Å². The van der Waals surface area contributed by atoms with Crippen LogP contribution < -0.4 is 10.6 Å². The van der Waals surface area contributed by atoms with E-state index in [1.807, 2.05) is 45.0 Å². The molecule has 0 bridgehead atoms. The van der Waals surface area contributed by atoms with Gasteiger partial charge in [-0.1, -0.05) is 42.8 Å². The summed E-state index contributed by atoms with van der Waals surface area (Å²) in [6.07, 6.45) is 3.82. The van der Waals surface area contributed by atoms with Gasteiger partial charge in [-0.2, -0.15) is 0 Å². The van der Waals surface area contributed by atoms with Gasteiger partial charge in [0.1, 0.15) is 11.5 Å². The summed E-state index contributed by atoms with van der Waals surface area (Å²) >= 11 is 0. The molecular weight excluding hydrogens is 364 g/mol. The van der Waals surface area contributed by atoms with Crippen LogP contribution in [0.15, 0.2) is 71.0 Å². The molecule has 2 N–H and O–H groups in total. The lowest BCUT2D eigenvalue weighted by atomic mass is 10.1. The first kappa shape index (κ1) is 20.1. The number of amides is 2. The summed E-state index contributed by atoms with van der Waals surface area (Å²) in [5, 5.41) is 5.67. The maximum atomic E-state index is 13.1. The number of anilines is 1. The highest BCUT2D eigenvalue weighted by molar-refractivity contribution is 6.11. The second-order valence-corrected chi connectivity index (χ2v) is 6.81. The summed E-state index contributed by atoms with van der Waals surface area (Å²) in [4.78, 5) is 25.8. The Balaban J connectivity index is 1.90. The van der Waals surface area contributed by atoms with E-state index in [1.165, 1.54) is 12.3 Å². The number of benzene rings is 2. The van der Waals surface area contributed by atoms with E-state index in [4.69, 9.17) is 4.42 Å². The lowest BCUT2D eigenvalue weighted by Crippen LogP contribution is -2.31. The Morgan fingerprint density at radius 3 is 2.52 bits per heavy atom. The average Bonchev–Trinajstić information content (AvgIpc) is 3.22. The van der Waals surface area contributed by atoms with Crippen molar-refractivity contribution in [3.8, 4) is 0 Å². The van der Waals surface area contributed by atoms with Gasteiger partial charge in [-0.3, -0.25) is 9.59 Å². The van der Waals surface area contributed by atoms with Crippen LogP contribution >= 0.6 is 0 Å². The van der Waals surface area contributed by atoms with Crippen molar-refractivity contribution in [2.75, 3.05) is 5.32 Å². The summed E-state index contributed by atoms with van der Waals surface area (Å²) < 4.78 is 5.33. The fourth-order valence-corrected chi connectivity index (χ4v) is 3.04. The molecule has 0 atom stereocenters. The molecule has 5 nitrogen and oxygen atoms in total. The Bertz CT molecular complexity index is 1050. The fourth-order valence-electron chi connectivity index (χ4n) is 3.04. The van der Waals surface area contributed by atoms with E-state index < -0.39 is 5.91 Å². The molecule has 2 amide bonds. The summed E-state index contributed by atoms with van der Waals surface area (Å²) in [5.74, 6) is -0.297. The first-order chi connectivity index (χ1) is 14.0. The SMILES string of the molecule is CCc1cccc(C)c1NC(=O)/C(=C/c1ccco1)NC(=O)c1cccc(C)c1. The van der Waals surface area contributed by atoms with E-state index in [-0.39, 0.29) is 11.6 Å². The second kappa shape index (κ2) is 9.06. The van der Waals surface area contributed by atoms with Crippen molar-refractivity contribution >= 4 is 23.6 Å². The first-order valence-electron chi connectivity index (χ1n) is 9.51. The zero-order valence-electron chi connectivity index (χ0n) is 16.8. The lowest BCUT2D eigenvalue weighted by Gasteiger charge is -2.15. The number of carbonyl (C=O) groups is 2. The quantitative estimate of drug-likeness (QED) is 0.592. The van der Waals surface area contributed by atoms with Gasteiger partial charge in [-0.05, 0) is 55.7 Å². The third-order valence-corrected chi connectivity index (χ3v) is 4.58. The third-order valence-electron chi connectivity index (χ3n) is 4.58. The van der Waals surface area contributed by atoms with Crippen molar-refractivity contribution in [1.29, 1.82) is 0 Å². The summed E-state index contributed by atoms with van der Waals surface area (Å²) in [6, 6.07) is 16.5. The minimum Gasteiger partial charge on any atom is -0.465 e. The number of nitrogens with one attached hydrogen (secondary N) is 2. The molecule has 0 aliphatic rings. The van der Waals surface area contributed by atoms with Crippen molar-refractivity contribution in [1.82, 2.24) is 5.32 Å². The largest absolute Gasteiger partial charge is 0.465 e. The number of hydrogen-bond acceptors (Lipinski definition) is 3. The van der Waals surface area contributed by atoms with Crippen LogP contribution in [0.25, 0.3) is 6.08 Å². The predicted molar refractivity (Wildman–Crippen MR) is 115 cm³/mol. The number of carbonyl (C=O) groups excluding carboxylic acids is 2. The number of para-hydroxylation sites is 1. The van der Waals surface area contributed by atoms with Crippen LogP contribution in [0.1, 0.15) is 39.7 Å². The number of rotatable bonds is 6. The molecular formula is C24H24N2O3. The van der Waals surface area contributed by atoms with Gasteiger partial charge in [0.2, 0.25) is 0 Å². The van der Waals surface area contributed by atoms with Crippen molar-refractivity contribution < 1.29 is 14.0 Å². The van der Waals surface area contributed by atoms with E-state index in [1.54, 1.807) is 30.3 Å². The zero-order valence-corrected chi connectivity index (χ0v) is 16.8. The van der Waals surface area contributed by atoms with Crippen molar-refractivity contribution in [3.05, 3.63) is 94.6 Å². The van der Waals surface area contributed by atoms with Crippen molar-refractivity contribution in [2.45, 2.75) is 27.2 Å². The normalized spacial score (nSPS) is 11.2. The molecule has 0 unspecified atom stereocenters. The van der Waals surface area contributed by atoms with E-state index in [0.29, 0.717) is 11.3 Å². The van der Waals surface area contributed by atoms with Gasteiger partial charge in [0.25, 0.3) is 11.8 Å². The molecule has 5 heteroatoms. The first-order valence-corrected chi connectivity index (χ1v) is 9.51. The molecule has 0 saturated carbocycles. The minimum absolute atomic E-state index is 0.108. The maximum Gasteiger partial charge on any atom is 0.272 e. The smallest absolute Gasteiger partial charge is 0.272 e. The van der Waals surface area contributed by atoms with Crippen LogP contribution in [-0.2, 0) is 11.2 Å². The van der Waals surface area contributed by atoms with Crippen LogP contribution in [-0.4, -0.2) is 11.8 Å². The zero-order chi connectivity index (χ0) is 20.8. The lowest BCUT2D eigenvalue weighted by molar-refractivity contribution is -0.113. The second-order valence-electron chi connectivity index (χ2n) is 6.81. The monoisotopic (exact) mass is 388 g/mol. The van der Waals surface area contributed by atoms with Gasteiger partial charge < -0.3 is 15.1 Å². The molecule has 0 fully saturated rings. The predicted octanol–water partition coefficient (Wildman–Crippen LogP) is 4.87. The van der Waals surface area contributed by atoms with Gasteiger partial charge >= 0.3 is 0 Å². The van der Waals surface area contributed by atoms with Crippen LogP contribution in [0.5, 0.6) is 0 Å². The molecule has 3 aromatic rings. The molecule has 0 radical (unpaired) electrons. The van der Waals surface area contributed by atoms with Crippen LogP contribution in [0.3, 0.4) is 0 Å². The summed E-state index contributed by atoms with van der Waals surface area (Å²) in [7, 11) is 0. The standard InChI is InChI=1S/C24H24N2O3/c1-4-18-10-6-9-17(3)22(18)26-24(28)21(15-20-12-7-13-29-20)25-23(27)19-11-5-8-16(2)14-19/h5-15H,4H2,1-3H3,(H,25,27)(H,26,28)/b21-15-. The maximum absolute atomic E-state index is 13.1. The molecule has 1 aromatic heterocycles. The Hall–Kier alpha value is -3.60.